The summed E-state index contributed by atoms with van der Waals surface area (Å²) in [5.41, 5.74) is 0.811. The van der Waals surface area contributed by atoms with Crippen LogP contribution in [-0.2, 0) is 14.8 Å². The maximum atomic E-state index is 13.0. The van der Waals surface area contributed by atoms with Crippen molar-refractivity contribution in [2.24, 2.45) is 0 Å². The normalized spacial score (nSPS) is 11.0. The molecule has 134 valence electrons. The number of rotatable bonds is 7. The lowest BCUT2D eigenvalue weighted by Crippen LogP contribution is -2.30. The predicted octanol–water partition coefficient (Wildman–Crippen LogP) is 3.09. The van der Waals surface area contributed by atoms with E-state index in [2.05, 4.69) is 5.32 Å². The zero-order valence-corrected chi connectivity index (χ0v) is 15.5. The molecule has 6 nitrogen and oxygen atoms in total. The molecule has 0 unspecified atom stereocenters. The van der Waals surface area contributed by atoms with Crippen LogP contribution in [0.2, 0.25) is 0 Å². The topological polar surface area (TPSA) is 75.7 Å². The number of nitrogens with zero attached hydrogens (tertiary/aromatic N) is 1. The zero-order valence-electron chi connectivity index (χ0n) is 13.9. The quantitative estimate of drug-likeness (QED) is 0.746. The summed E-state index contributed by atoms with van der Waals surface area (Å²) in [5, 5.41) is 2.54. The van der Waals surface area contributed by atoms with Gasteiger partial charge in [0.25, 0.3) is 10.0 Å². The van der Waals surface area contributed by atoms with Crippen LogP contribution < -0.4 is 14.4 Å². The number of hydrogen-bond acceptors (Lipinski definition) is 4. The Balaban J connectivity index is 2.48. The second-order valence-electron chi connectivity index (χ2n) is 5.05. The number of anilines is 2. The Morgan fingerprint density at radius 2 is 1.88 bits per heavy atom. The second-order valence-corrected chi connectivity index (χ2v) is 7.18. The van der Waals surface area contributed by atoms with Gasteiger partial charge >= 0.3 is 0 Å². The van der Waals surface area contributed by atoms with Crippen molar-refractivity contribution in [1.82, 2.24) is 0 Å². The summed E-state index contributed by atoms with van der Waals surface area (Å²) >= 11 is 5.50. The van der Waals surface area contributed by atoms with E-state index in [9.17, 15) is 13.2 Å². The molecule has 0 aromatic heterocycles. The summed E-state index contributed by atoms with van der Waals surface area (Å²) in [7, 11) is -2.37. The first-order valence-electron chi connectivity index (χ1n) is 7.55. The third kappa shape index (κ3) is 4.24. The molecule has 0 heterocycles. The molecule has 0 bridgehead atoms. The standard InChI is InChI=1S/C17H19ClN2O4S/c1-3-20(13-7-5-4-6-8-13)25(22,23)14-9-10-16(24-2)15(11-14)19-17(21)12-18/h4-11H,3,12H2,1-2H3,(H,19,21). The van der Waals surface area contributed by atoms with Gasteiger partial charge in [-0.05, 0) is 37.3 Å². The van der Waals surface area contributed by atoms with Crippen molar-refractivity contribution in [3.8, 4) is 5.75 Å². The van der Waals surface area contributed by atoms with Gasteiger partial charge in [-0.25, -0.2) is 8.42 Å². The Hall–Kier alpha value is -2.25. The van der Waals surface area contributed by atoms with E-state index >= 15 is 0 Å². The van der Waals surface area contributed by atoms with Crippen molar-refractivity contribution in [3.05, 3.63) is 48.5 Å². The Morgan fingerprint density at radius 3 is 2.44 bits per heavy atom. The molecule has 25 heavy (non-hydrogen) atoms. The molecule has 1 N–H and O–H groups in total. The molecule has 1 amide bonds. The van der Waals surface area contributed by atoms with Gasteiger partial charge in [0.2, 0.25) is 5.91 Å². The number of para-hydroxylation sites is 1. The van der Waals surface area contributed by atoms with E-state index < -0.39 is 15.9 Å². The molecule has 2 aromatic carbocycles. The van der Waals surface area contributed by atoms with Gasteiger partial charge in [0.05, 0.1) is 23.4 Å². The van der Waals surface area contributed by atoms with Crippen LogP contribution >= 0.6 is 11.6 Å². The van der Waals surface area contributed by atoms with Gasteiger partial charge in [-0.2, -0.15) is 0 Å². The summed E-state index contributed by atoms with van der Waals surface area (Å²) in [6.07, 6.45) is 0. The highest BCUT2D eigenvalue weighted by Gasteiger charge is 2.25. The molecule has 0 radical (unpaired) electrons. The maximum Gasteiger partial charge on any atom is 0.264 e. The van der Waals surface area contributed by atoms with Crippen molar-refractivity contribution in [2.75, 3.05) is 29.2 Å². The largest absolute Gasteiger partial charge is 0.495 e. The number of halogens is 1. The minimum absolute atomic E-state index is 0.0453. The van der Waals surface area contributed by atoms with Crippen molar-refractivity contribution in [1.29, 1.82) is 0 Å². The van der Waals surface area contributed by atoms with Gasteiger partial charge in [-0.3, -0.25) is 9.10 Å². The third-order valence-electron chi connectivity index (χ3n) is 3.49. The Morgan fingerprint density at radius 1 is 1.20 bits per heavy atom. The van der Waals surface area contributed by atoms with Crippen LogP contribution in [0, 0.1) is 0 Å². The first-order chi connectivity index (χ1) is 11.9. The second kappa shape index (κ2) is 8.22. The number of nitrogens with one attached hydrogen (secondary N) is 1. The molecule has 0 atom stereocenters. The summed E-state index contributed by atoms with van der Waals surface area (Å²) < 4.78 is 32.5. The molecular weight excluding hydrogens is 364 g/mol. The number of alkyl halides is 1. The van der Waals surface area contributed by atoms with E-state index in [0.29, 0.717) is 11.4 Å². The number of methoxy groups -OCH3 is 1. The minimum Gasteiger partial charge on any atom is -0.495 e. The van der Waals surface area contributed by atoms with Crippen LogP contribution in [-0.4, -0.2) is 33.9 Å². The van der Waals surface area contributed by atoms with E-state index in [1.54, 1.807) is 31.2 Å². The minimum atomic E-state index is -3.80. The lowest BCUT2D eigenvalue weighted by atomic mass is 10.3. The van der Waals surface area contributed by atoms with Crippen LogP contribution in [0.15, 0.2) is 53.4 Å². The van der Waals surface area contributed by atoms with Crippen LogP contribution in [0.5, 0.6) is 5.75 Å². The third-order valence-corrected chi connectivity index (χ3v) is 5.63. The summed E-state index contributed by atoms with van der Waals surface area (Å²) in [6.45, 7) is 2.02. The summed E-state index contributed by atoms with van der Waals surface area (Å²) in [4.78, 5) is 11.6. The number of amides is 1. The van der Waals surface area contributed by atoms with E-state index in [-0.39, 0.29) is 23.0 Å². The molecule has 8 heteroatoms. The van der Waals surface area contributed by atoms with E-state index in [0.717, 1.165) is 0 Å². The number of carbonyl (C=O) groups is 1. The van der Waals surface area contributed by atoms with Gasteiger partial charge in [-0.1, -0.05) is 18.2 Å². The Bertz CT molecular complexity index is 841. The van der Waals surface area contributed by atoms with Crippen molar-refractivity contribution in [3.63, 3.8) is 0 Å². The molecule has 0 aliphatic heterocycles. The molecular formula is C17H19ClN2O4S. The predicted molar refractivity (Wildman–Crippen MR) is 99.0 cm³/mol. The van der Waals surface area contributed by atoms with Crippen molar-refractivity contribution < 1.29 is 17.9 Å². The SMILES string of the molecule is CCN(c1ccccc1)S(=O)(=O)c1ccc(OC)c(NC(=O)CCl)c1. The fourth-order valence-electron chi connectivity index (χ4n) is 2.34. The molecule has 0 aliphatic carbocycles. The van der Waals surface area contributed by atoms with E-state index in [1.165, 1.54) is 29.6 Å². The van der Waals surface area contributed by atoms with E-state index in [4.69, 9.17) is 16.3 Å². The molecule has 2 aromatic rings. The first-order valence-corrected chi connectivity index (χ1v) is 9.53. The summed E-state index contributed by atoms with van der Waals surface area (Å²) in [6, 6.07) is 13.1. The lowest BCUT2D eigenvalue weighted by molar-refractivity contribution is -0.113. The average molecular weight is 383 g/mol. The Kier molecular flexibility index (Phi) is 6.27. The smallest absolute Gasteiger partial charge is 0.264 e. The first kappa shape index (κ1) is 19.1. The molecule has 2 rings (SSSR count). The average Bonchev–Trinajstić information content (AvgIpc) is 2.62. The van der Waals surface area contributed by atoms with Crippen molar-refractivity contribution in [2.45, 2.75) is 11.8 Å². The fraction of sp³-hybridized carbons (Fsp3) is 0.235. The van der Waals surface area contributed by atoms with E-state index in [1.807, 2.05) is 6.07 Å². The highest BCUT2D eigenvalue weighted by molar-refractivity contribution is 7.92. The monoisotopic (exact) mass is 382 g/mol. The highest BCUT2D eigenvalue weighted by atomic mass is 35.5. The number of carbonyl (C=O) groups excluding carboxylic acids is 1. The Labute approximate surface area is 152 Å². The lowest BCUT2D eigenvalue weighted by Gasteiger charge is -2.23. The maximum absolute atomic E-state index is 13.0. The van der Waals surface area contributed by atoms with Crippen molar-refractivity contribution >= 4 is 38.9 Å². The van der Waals surface area contributed by atoms with Crippen LogP contribution in [0.4, 0.5) is 11.4 Å². The molecule has 0 spiro atoms. The fourth-order valence-corrected chi connectivity index (χ4v) is 3.91. The van der Waals surface area contributed by atoms with Gasteiger partial charge < -0.3 is 10.1 Å². The van der Waals surface area contributed by atoms with Crippen LogP contribution in [0.3, 0.4) is 0 Å². The number of hydrogen-bond donors (Lipinski definition) is 1. The molecule has 0 aliphatic rings. The molecule has 0 saturated carbocycles. The molecule has 0 fully saturated rings. The molecule has 0 saturated heterocycles. The zero-order chi connectivity index (χ0) is 18.4. The van der Waals surface area contributed by atoms with Gasteiger partial charge in [0.1, 0.15) is 11.6 Å². The number of sulfonamides is 1. The summed E-state index contributed by atoms with van der Waals surface area (Å²) in [5.74, 6) is -0.351. The van der Waals surface area contributed by atoms with Crippen LogP contribution in [0.25, 0.3) is 0 Å². The van der Waals surface area contributed by atoms with Gasteiger partial charge in [0, 0.05) is 6.54 Å². The van der Waals surface area contributed by atoms with Gasteiger partial charge in [0.15, 0.2) is 0 Å². The van der Waals surface area contributed by atoms with Crippen LogP contribution in [0.1, 0.15) is 6.92 Å². The number of benzene rings is 2. The van der Waals surface area contributed by atoms with Gasteiger partial charge in [-0.15, -0.1) is 11.6 Å². The number of ether oxygens (including phenoxy) is 1. The highest BCUT2D eigenvalue weighted by Crippen LogP contribution is 2.30.